The van der Waals surface area contributed by atoms with E-state index in [0.29, 0.717) is 0 Å². The molecule has 0 saturated carbocycles. The smallest absolute Gasteiger partial charge is 0.0681 e. The summed E-state index contributed by atoms with van der Waals surface area (Å²) in [6, 6.07) is 15.5. The largest absolute Gasteiger partial charge is 0.392 e. The molecule has 0 aromatic heterocycles. The van der Waals surface area contributed by atoms with Gasteiger partial charge >= 0.3 is 0 Å². The second-order valence-electron chi connectivity index (χ2n) is 3.84. The molecule has 0 aliphatic heterocycles. The van der Waals surface area contributed by atoms with Gasteiger partial charge in [-0.1, -0.05) is 35.9 Å². The molecule has 0 bridgehead atoms. The summed E-state index contributed by atoms with van der Waals surface area (Å²) in [6.45, 7) is 0.840. The first kappa shape index (κ1) is 12.0. The predicted molar refractivity (Wildman–Crippen MR) is 71.1 cm³/mol. The number of aliphatic hydroxyl groups is 1. The normalized spacial score (nSPS) is 10.2. The Morgan fingerprint density at radius 1 is 0.882 bits per heavy atom. The minimum absolute atomic E-state index is 0.0808. The van der Waals surface area contributed by atoms with Crippen LogP contribution in [0.2, 0.25) is 5.02 Å². The van der Waals surface area contributed by atoms with Crippen LogP contribution in [0, 0.1) is 0 Å². The van der Waals surface area contributed by atoms with Gasteiger partial charge in [0.25, 0.3) is 0 Å². The standard InChI is InChI=1S/C14H14ClNO/c15-13-5-1-11(2-6-13)9-16-14-7-3-12(10-17)4-8-14/h1-8,16-17H,9-10H2. The van der Waals surface area contributed by atoms with Crippen LogP contribution in [0.25, 0.3) is 0 Å². The van der Waals surface area contributed by atoms with Crippen molar-refractivity contribution in [3.8, 4) is 0 Å². The average Bonchev–Trinajstić information content (AvgIpc) is 2.39. The minimum atomic E-state index is 0.0808. The Balaban J connectivity index is 1.95. The molecule has 0 heterocycles. The Morgan fingerprint density at radius 3 is 2.06 bits per heavy atom. The average molecular weight is 248 g/mol. The second-order valence-corrected chi connectivity index (χ2v) is 4.27. The molecule has 17 heavy (non-hydrogen) atoms. The number of rotatable bonds is 4. The maximum atomic E-state index is 8.93. The number of anilines is 1. The van der Waals surface area contributed by atoms with Gasteiger partial charge in [0.2, 0.25) is 0 Å². The van der Waals surface area contributed by atoms with Crippen LogP contribution in [0.4, 0.5) is 5.69 Å². The van der Waals surface area contributed by atoms with Crippen molar-refractivity contribution in [1.29, 1.82) is 0 Å². The molecule has 0 saturated heterocycles. The van der Waals surface area contributed by atoms with Gasteiger partial charge in [0, 0.05) is 17.3 Å². The summed E-state index contributed by atoms with van der Waals surface area (Å²) in [5.41, 5.74) is 3.14. The molecule has 0 amide bonds. The van der Waals surface area contributed by atoms with Gasteiger partial charge in [-0.15, -0.1) is 0 Å². The van der Waals surface area contributed by atoms with Gasteiger partial charge in [0.15, 0.2) is 0 Å². The van der Waals surface area contributed by atoms with Gasteiger partial charge in [-0.2, -0.15) is 0 Å². The van der Waals surface area contributed by atoms with Crippen LogP contribution in [0.1, 0.15) is 11.1 Å². The summed E-state index contributed by atoms with van der Waals surface area (Å²) in [6.07, 6.45) is 0. The molecule has 2 nitrogen and oxygen atoms in total. The van der Waals surface area contributed by atoms with E-state index >= 15 is 0 Å². The van der Waals surface area contributed by atoms with E-state index in [1.807, 2.05) is 48.5 Å². The number of nitrogens with one attached hydrogen (secondary N) is 1. The molecule has 88 valence electrons. The summed E-state index contributed by atoms with van der Waals surface area (Å²) in [5, 5.41) is 13.0. The fourth-order valence-corrected chi connectivity index (χ4v) is 1.66. The monoisotopic (exact) mass is 247 g/mol. The van der Waals surface area contributed by atoms with Gasteiger partial charge in [-0.05, 0) is 35.4 Å². The highest BCUT2D eigenvalue weighted by Crippen LogP contribution is 2.13. The van der Waals surface area contributed by atoms with E-state index in [2.05, 4.69) is 5.32 Å². The molecule has 2 N–H and O–H groups in total. The third-order valence-corrected chi connectivity index (χ3v) is 2.80. The molecule has 0 aliphatic carbocycles. The van der Waals surface area contributed by atoms with Crippen molar-refractivity contribution in [1.82, 2.24) is 0 Å². The van der Waals surface area contributed by atoms with Gasteiger partial charge in [-0.3, -0.25) is 0 Å². The lowest BCUT2D eigenvalue weighted by atomic mass is 10.2. The molecule has 2 aromatic rings. The van der Waals surface area contributed by atoms with E-state index in [1.165, 1.54) is 5.56 Å². The van der Waals surface area contributed by atoms with E-state index < -0.39 is 0 Å². The Morgan fingerprint density at radius 2 is 1.47 bits per heavy atom. The Bertz CT molecular complexity index is 465. The number of benzene rings is 2. The fourth-order valence-electron chi connectivity index (χ4n) is 1.53. The first-order chi connectivity index (χ1) is 8.28. The van der Waals surface area contributed by atoms with Crippen molar-refractivity contribution in [2.45, 2.75) is 13.2 Å². The van der Waals surface area contributed by atoms with Crippen LogP contribution in [-0.4, -0.2) is 5.11 Å². The van der Waals surface area contributed by atoms with Crippen molar-refractivity contribution in [2.75, 3.05) is 5.32 Å². The fraction of sp³-hybridized carbons (Fsp3) is 0.143. The van der Waals surface area contributed by atoms with Crippen molar-refractivity contribution < 1.29 is 5.11 Å². The first-order valence-corrected chi connectivity index (χ1v) is 5.84. The van der Waals surface area contributed by atoms with Crippen LogP contribution in [0.3, 0.4) is 0 Å². The summed E-state index contributed by atoms with van der Waals surface area (Å²) >= 11 is 5.82. The van der Waals surface area contributed by atoms with Crippen LogP contribution in [-0.2, 0) is 13.2 Å². The van der Waals surface area contributed by atoms with E-state index in [0.717, 1.165) is 22.8 Å². The number of halogens is 1. The maximum Gasteiger partial charge on any atom is 0.0681 e. The van der Waals surface area contributed by atoms with Crippen molar-refractivity contribution in [2.24, 2.45) is 0 Å². The third kappa shape index (κ3) is 3.48. The predicted octanol–water partition coefficient (Wildman–Crippen LogP) is 3.44. The molecule has 2 aromatic carbocycles. The first-order valence-electron chi connectivity index (χ1n) is 5.46. The van der Waals surface area contributed by atoms with Gasteiger partial charge in [0.05, 0.1) is 6.61 Å². The molecular formula is C14H14ClNO. The van der Waals surface area contributed by atoms with E-state index in [4.69, 9.17) is 16.7 Å². The van der Waals surface area contributed by atoms with E-state index in [-0.39, 0.29) is 6.61 Å². The summed E-state index contributed by atoms with van der Waals surface area (Å²) < 4.78 is 0. The molecule has 3 heteroatoms. The number of aliphatic hydroxyl groups excluding tert-OH is 1. The lowest BCUT2D eigenvalue weighted by Crippen LogP contribution is -1.99. The molecule has 0 unspecified atom stereocenters. The third-order valence-electron chi connectivity index (χ3n) is 2.55. The molecule has 0 spiro atoms. The highest BCUT2D eigenvalue weighted by Gasteiger charge is 1.95. The van der Waals surface area contributed by atoms with E-state index in [1.54, 1.807) is 0 Å². The summed E-state index contributed by atoms with van der Waals surface area (Å²) in [4.78, 5) is 0. The van der Waals surface area contributed by atoms with Crippen LogP contribution in [0.15, 0.2) is 48.5 Å². The Hall–Kier alpha value is -1.51. The quantitative estimate of drug-likeness (QED) is 0.868. The van der Waals surface area contributed by atoms with Gasteiger partial charge < -0.3 is 10.4 Å². The van der Waals surface area contributed by atoms with Gasteiger partial charge in [-0.25, -0.2) is 0 Å². The Kier molecular flexibility index (Phi) is 4.02. The SMILES string of the molecule is OCc1ccc(NCc2ccc(Cl)cc2)cc1. The van der Waals surface area contributed by atoms with Crippen LogP contribution >= 0.6 is 11.6 Å². The van der Waals surface area contributed by atoms with Crippen LogP contribution in [0.5, 0.6) is 0 Å². The van der Waals surface area contributed by atoms with Crippen molar-refractivity contribution in [3.63, 3.8) is 0 Å². The molecule has 0 fully saturated rings. The zero-order valence-corrected chi connectivity index (χ0v) is 10.1. The highest BCUT2D eigenvalue weighted by atomic mass is 35.5. The molecule has 0 atom stereocenters. The summed E-state index contributed by atoms with van der Waals surface area (Å²) in [5.74, 6) is 0. The van der Waals surface area contributed by atoms with Crippen molar-refractivity contribution >= 4 is 17.3 Å². The molecule has 0 radical (unpaired) electrons. The van der Waals surface area contributed by atoms with Gasteiger partial charge in [0.1, 0.15) is 0 Å². The van der Waals surface area contributed by atoms with Crippen LogP contribution < -0.4 is 5.32 Å². The second kappa shape index (κ2) is 5.71. The number of hydrogen-bond acceptors (Lipinski definition) is 2. The molecule has 2 rings (SSSR count). The van der Waals surface area contributed by atoms with E-state index in [9.17, 15) is 0 Å². The highest BCUT2D eigenvalue weighted by molar-refractivity contribution is 6.30. The molecular weight excluding hydrogens is 234 g/mol. The minimum Gasteiger partial charge on any atom is -0.392 e. The van der Waals surface area contributed by atoms with Crippen molar-refractivity contribution in [3.05, 3.63) is 64.7 Å². The zero-order valence-electron chi connectivity index (χ0n) is 9.36. The zero-order chi connectivity index (χ0) is 12.1. The topological polar surface area (TPSA) is 32.3 Å². The number of hydrogen-bond donors (Lipinski definition) is 2. The Labute approximate surface area is 106 Å². The molecule has 0 aliphatic rings. The maximum absolute atomic E-state index is 8.93. The summed E-state index contributed by atoms with van der Waals surface area (Å²) in [7, 11) is 0. The lowest BCUT2D eigenvalue weighted by molar-refractivity contribution is 0.282. The lowest BCUT2D eigenvalue weighted by Gasteiger charge is -2.07.